The van der Waals surface area contributed by atoms with Crippen LogP contribution in [0.2, 0.25) is 0 Å². The fourth-order valence-corrected chi connectivity index (χ4v) is 4.36. The van der Waals surface area contributed by atoms with Gasteiger partial charge in [-0.25, -0.2) is 4.98 Å². The molecule has 4 rings (SSSR count). The van der Waals surface area contributed by atoms with Crippen LogP contribution in [0, 0.1) is 6.92 Å². The van der Waals surface area contributed by atoms with E-state index in [9.17, 15) is 9.59 Å². The summed E-state index contributed by atoms with van der Waals surface area (Å²) in [5.74, 6) is -0.279. The monoisotopic (exact) mass is 453 g/mol. The van der Waals surface area contributed by atoms with E-state index in [1.54, 1.807) is 12.1 Å². The minimum absolute atomic E-state index is 0.0963. The van der Waals surface area contributed by atoms with E-state index in [4.69, 9.17) is 0 Å². The first kappa shape index (κ1) is 18.6. The Morgan fingerprint density at radius 2 is 1.86 bits per heavy atom. The molecule has 2 aromatic carbocycles. The highest BCUT2D eigenvalue weighted by molar-refractivity contribution is 9.10. The van der Waals surface area contributed by atoms with Crippen LogP contribution in [0.15, 0.2) is 70.2 Å². The normalized spacial score (nSPS) is 10.9. The lowest BCUT2D eigenvalue weighted by Gasteiger charge is -2.08. The van der Waals surface area contributed by atoms with E-state index >= 15 is 0 Å². The number of fused-ring (bicyclic) bond motifs is 1. The largest absolute Gasteiger partial charge is 0.325 e. The molecule has 0 bridgehead atoms. The molecule has 0 aliphatic heterocycles. The van der Waals surface area contributed by atoms with E-state index in [1.165, 1.54) is 22.2 Å². The number of rotatable bonds is 4. The number of hydrogen-bond donors (Lipinski definition) is 1. The second-order valence-electron chi connectivity index (χ2n) is 6.31. The first-order valence-corrected chi connectivity index (χ1v) is 10.2. The summed E-state index contributed by atoms with van der Waals surface area (Å²) in [7, 11) is 0. The number of carbonyl (C=O) groups is 1. The number of amides is 1. The maximum absolute atomic E-state index is 13.1. The zero-order chi connectivity index (χ0) is 19.7. The molecule has 140 valence electrons. The minimum atomic E-state index is -0.279. The van der Waals surface area contributed by atoms with Crippen molar-refractivity contribution < 1.29 is 4.79 Å². The number of aromatic nitrogens is 2. The van der Waals surface area contributed by atoms with Gasteiger partial charge in [0.2, 0.25) is 5.91 Å². The van der Waals surface area contributed by atoms with E-state index in [0.29, 0.717) is 15.9 Å². The third-order valence-electron chi connectivity index (χ3n) is 4.36. The summed E-state index contributed by atoms with van der Waals surface area (Å²) in [5.41, 5.74) is 2.33. The van der Waals surface area contributed by atoms with Gasteiger partial charge in [0, 0.05) is 20.6 Å². The highest BCUT2D eigenvalue weighted by Gasteiger charge is 2.17. The highest BCUT2D eigenvalue weighted by Crippen LogP contribution is 2.35. The van der Waals surface area contributed by atoms with Crippen LogP contribution in [0.4, 0.5) is 5.69 Å². The zero-order valence-electron chi connectivity index (χ0n) is 15.0. The van der Waals surface area contributed by atoms with Gasteiger partial charge in [-0.05, 0) is 36.8 Å². The van der Waals surface area contributed by atoms with Crippen LogP contribution in [-0.4, -0.2) is 15.5 Å². The number of thiophene rings is 1. The number of hydrogen-bond acceptors (Lipinski definition) is 4. The molecule has 28 heavy (non-hydrogen) atoms. The Balaban J connectivity index is 1.69. The van der Waals surface area contributed by atoms with Gasteiger partial charge in [-0.2, -0.15) is 0 Å². The molecule has 0 atom stereocenters. The highest BCUT2D eigenvalue weighted by atomic mass is 79.9. The van der Waals surface area contributed by atoms with Crippen LogP contribution in [-0.2, 0) is 11.3 Å². The second kappa shape index (κ2) is 7.69. The quantitative estimate of drug-likeness (QED) is 0.480. The smallest absolute Gasteiger partial charge is 0.263 e. The molecule has 4 aromatic rings. The van der Waals surface area contributed by atoms with E-state index in [0.717, 1.165) is 20.5 Å². The summed E-state index contributed by atoms with van der Waals surface area (Å²) in [6.07, 6.45) is 1.44. The van der Waals surface area contributed by atoms with Crippen LogP contribution in [0.5, 0.6) is 0 Å². The maximum Gasteiger partial charge on any atom is 0.263 e. The first-order valence-electron chi connectivity index (χ1n) is 8.62. The molecular formula is C21H16BrN3O2S. The molecule has 0 radical (unpaired) electrons. The fraction of sp³-hybridized carbons (Fsp3) is 0.0952. The molecule has 0 fully saturated rings. The zero-order valence-corrected chi connectivity index (χ0v) is 17.4. The van der Waals surface area contributed by atoms with E-state index in [1.807, 2.05) is 49.4 Å². The van der Waals surface area contributed by atoms with E-state index in [2.05, 4.69) is 26.2 Å². The van der Waals surface area contributed by atoms with Crippen molar-refractivity contribution in [3.8, 4) is 11.1 Å². The van der Waals surface area contributed by atoms with E-state index in [-0.39, 0.29) is 18.0 Å². The maximum atomic E-state index is 13.1. The first-order chi connectivity index (χ1) is 13.5. The van der Waals surface area contributed by atoms with Crippen LogP contribution >= 0.6 is 27.3 Å². The number of nitrogens with one attached hydrogen (secondary N) is 1. The molecule has 0 unspecified atom stereocenters. The number of benzene rings is 2. The minimum Gasteiger partial charge on any atom is -0.325 e. The SMILES string of the molecule is Cc1sc2ncn(CC(=O)Nc3ccc(Br)cc3)c(=O)c2c1-c1ccccc1. The molecule has 0 saturated carbocycles. The van der Waals surface area contributed by atoms with Gasteiger partial charge in [-0.15, -0.1) is 11.3 Å². The molecule has 0 saturated heterocycles. The summed E-state index contributed by atoms with van der Waals surface area (Å²) < 4.78 is 2.28. The average Bonchev–Trinajstić information content (AvgIpc) is 3.03. The van der Waals surface area contributed by atoms with Crippen LogP contribution < -0.4 is 10.9 Å². The average molecular weight is 454 g/mol. The second-order valence-corrected chi connectivity index (χ2v) is 8.43. The molecular weight excluding hydrogens is 438 g/mol. The van der Waals surface area contributed by atoms with Crippen molar-refractivity contribution in [2.45, 2.75) is 13.5 Å². The van der Waals surface area contributed by atoms with Crippen molar-refractivity contribution in [3.05, 3.63) is 80.6 Å². The van der Waals surface area contributed by atoms with Gasteiger partial charge in [-0.3, -0.25) is 14.2 Å². The van der Waals surface area contributed by atoms with Gasteiger partial charge in [0.05, 0.1) is 11.7 Å². The molecule has 1 N–H and O–H groups in total. The number of halogens is 1. The lowest BCUT2D eigenvalue weighted by atomic mass is 10.0. The van der Waals surface area contributed by atoms with Gasteiger partial charge >= 0.3 is 0 Å². The van der Waals surface area contributed by atoms with E-state index < -0.39 is 0 Å². The fourth-order valence-electron chi connectivity index (χ4n) is 3.09. The van der Waals surface area contributed by atoms with Crippen molar-refractivity contribution in [1.82, 2.24) is 9.55 Å². The predicted octanol–water partition coefficient (Wildman–Crippen LogP) is 4.83. The Morgan fingerprint density at radius 1 is 1.14 bits per heavy atom. The summed E-state index contributed by atoms with van der Waals surface area (Å²) in [6.45, 7) is 1.89. The molecule has 0 aliphatic rings. The van der Waals surface area contributed by atoms with Crippen molar-refractivity contribution in [1.29, 1.82) is 0 Å². The third-order valence-corrected chi connectivity index (χ3v) is 5.90. The number of nitrogens with zero attached hydrogens (tertiary/aromatic N) is 2. The van der Waals surface area contributed by atoms with Gasteiger partial charge in [0.15, 0.2) is 0 Å². The lowest BCUT2D eigenvalue weighted by Crippen LogP contribution is -2.27. The summed E-state index contributed by atoms with van der Waals surface area (Å²) in [4.78, 5) is 31.7. The predicted molar refractivity (Wildman–Crippen MR) is 117 cm³/mol. The topological polar surface area (TPSA) is 64.0 Å². The number of anilines is 1. The van der Waals surface area contributed by atoms with Crippen molar-refractivity contribution in [3.63, 3.8) is 0 Å². The molecule has 1 amide bonds. The molecule has 0 aliphatic carbocycles. The van der Waals surface area contributed by atoms with Gasteiger partial charge in [-0.1, -0.05) is 46.3 Å². The molecule has 7 heteroatoms. The van der Waals surface area contributed by atoms with Crippen molar-refractivity contribution >= 4 is 49.1 Å². The Bertz CT molecular complexity index is 1210. The lowest BCUT2D eigenvalue weighted by molar-refractivity contribution is -0.116. The standard InChI is InChI=1S/C21H16BrN3O2S/c1-13-18(14-5-3-2-4-6-14)19-20(28-13)23-12-25(21(19)27)11-17(26)24-16-9-7-15(22)8-10-16/h2-10,12H,11H2,1H3,(H,24,26). The summed E-state index contributed by atoms with van der Waals surface area (Å²) >= 11 is 4.85. The van der Waals surface area contributed by atoms with Crippen molar-refractivity contribution in [2.75, 3.05) is 5.32 Å². The third kappa shape index (κ3) is 3.63. The van der Waals surface area contributed by atoms with Gasteiger partial charge in [0.25, 0.3) is 5.56 Å². The summed E-state index contributed by atoms with van der Waals surface area (Å²) in [5, 5.41) is 3.36. The molecule has 5 nitrogen and oxygen atoms in total. The van der Waals surface area contributed by atoms with Crippen LogP contribution in [0.1, 0.15) is 4.88 Å². The molecule has 2 heterocycles. The van der Waals surface area contributed by atoms with Crippen LogP contribution in [0.25, 0.3) is 21.3 Å². The van der Waals surface area contributed by atoms with Gasteiger partial charge in [0.1, 0.15) is 11.4 Å². The van der Waals surface area contributed by atoms with Crippen molar-refractivity contribution in [2.24, 2.45) is 0 Å². The Hall–Kier alpha value is -2.77. The molecule has 2 aromatic heterocycles. The Labute approximate surface area is 173 Å². The van der Waals surface area contributed by atoms with Crippen LogP contribution in [0.3, 0.4) is 0 Å². The Morgan fingerprint density at radius 3 is 2.57 bits per heavy atom. The summed E-state index contributed by atoms with van der Waals surface area (Å²) in [6, 6.07) is 17.1. The molecule has 0 spiro atoms. The number of aryl methyl sites for hydroxylation is 1. The number of carbonyl (C=O) groups excluding carboxylic acids is 1. The van der Waals surface area contributed by atoms with Gasteiger partial charge < -0.3 is 5.32 Å². The Kier molecular flexibility index (Phi) is 5.11.